The first-order chi connectivity index (χ1) is 12.7. The minimum Gasteiger partial charge on any atom is -0.486 e. The highest BCUT2D eigenvalue weighted by atomic mass is 35.5. The lowest BCUT2D eigenvalue weighted by atomic mass is 10.2. The Morgan fingerprint density at radius 2 is 1.96 bits per heavy atom. The third-order valence-corrected chi connectivity index (χ3v) is 4.80. The maximum absolute atomic E-state index is 13.4. The molecule has 27 heavy (non-hydrogen) atoms. The Morgan fingerprint density at radius 1 is 1.15 bits per heavy atom. The van der Waals surface area contributed by atoms with Crippen LogP contribution in [-0.4, -0.2) is 60.4 Å². The number of rotatable bonds is 4. The molecule has 0 radical (unpaired) electrons. The maximum Gasteiger partial charge on any atom is 0.164 e. The fraction of sp³-hybridized carbons (Fsp3) is 0.421. The molecule has 0 spiro atoms. The molecule has 0 bridgehead atoms. The molecular formula is C19H23ClFN3O3. The SMILES string of the molecule is Cl.OCc1cccnc1N1CCN(C[C@H]2COc3ccc(F)cc3O2)CC1. The summed E-state index contributed by atoms with van der Waals surface area (Å²) in [5.74, 6) is 1.60. The second kappa shape index (κ2) is 8.73. The van der Waals surface area contributed by atoms with Crippen LogP contribution in [-0.2, 0) is 6.61 Å². The van der Waals surface area contributed by atoms with E-state index in [1.807, 2.05) is 12.1 Å². The molecule has 0 saturated carbocycles. The molecule has 3 heterocycles. The predicted octanol–water partition coefficient (Wildman–Crippen LogP) is 2.10. The summed E-state index contributed by atoms with van der Waals surface area (Å²) in [7, 11) is 0. The van der Waals surface area contributed by atoms with E-state index in [1.165, 1.54) is 12.1 Å². The van der Waals surface area contributed by atoms with Crippen LogP contribution in [0.15, 0.2) is 36.5 Å². The summed E-state index contributed by atoms with van der Waals surface area (Å²) in [5.41, 5.74) is 0.851. The topological polar surface area (TPSA) is 58.1 Å². The Morgan fingerprint density at radius 3 is 2.74 bits per heavy atom. The van der Waals surface area contributed by atoms with Crippen LogP contribution >= 0.6 is 12.4 Å². The number of nitrogens with zero attached hydrogens (tertiary/aromatic N) is 3. The molecule has 1 fully saturated rings. The third kappa shape index (κ3) is 4.43. The fourth-order valence-electron chi connectivity index (χ4n) is 3.45. The van der Waals surface area contributed by atoms with Crippen LogP contribution in [0.4, 0.5) is 10.2 Å². The Labute approximate surface area is 163 Å². The summed E-state index contributed by atoms with van der Waals surface area (Å²) in [5, 5.41) is 9.48. The van der Waals surface area contributed by atoms with Gasteiger partial charge in [-0.2, -0.15) is 0 Å². The van der Waals surface area contributed by atoms with Crippen molar-refractivity contribution in [2.45, 2.75) is 12.7 Å². The smallest absolute Gasteiger partial charge is 0.164 e. The Hall–Kier alpha value is -2.09. The van der Waals surface area contributed by atoms with Gasteiger partial charge in [0.05, 0.1) is 6.61 Å². The van der Waals surface area contributed by atoms with Gasteiger partial charge < -0.3 is 19.5 Å². The molecule has 0 amide bonds. The lowest BCUT2D eigenvalue weighted by Crippen LogP contribution is -2.51. The maximum atomic E-state index is 13.4. The molecule has 1 aromatic heterocycles. The minimum atomic E-state index is -0.323. The molecule has 1 atom stereocenters. The molecule has 6 nitrogen and oxygen atoms in total. The largest absolute Gasteiger partial charge is 0.486 e. The molecule has 1 aromatic carbocycles. The zero-order chi connectivity index (χ0) is 17.9. The number of ether oxygens (including phenoxy) is 2. The van der Waals surface area contributed by atoms with Crippen molar-refractivity contribution in [3.8, 4) is 11.5 Å². The van der Waals surface area contributed by atoms with Crippen LogP contribution in [0.3, 0.4) is 0 Å². The van der Waals surface area contributed by atoms with Crippen LogP contribution in [0.5, 0.6) is 11.5 Å². The monoisotopic (exact) mass is 395 g/mol. The molecule has 4 rings (SSSR count). The van der Waals surface area contributed by atoms with Gasteiger partial charge in [-0.05, 0) is 18.2 Å². The summed E-state index contributed by atoms with van der Waals surface area (Å²) in [6.45, 7) is 4.61. The quantitative estimate of drug-likeness (QED) is 0.855. The van der Waals surface area contributed by atoms with E-state index in [-0.39, 0.29) is 30.9 Å². The zero-order valence-corrected chi connectivity index (χ0v) is 15.7. The first kappa shape index (κ1) is 19.7. The van der Waals surface area contributed by atoms with Gasteiger partial charge in [-0.15, -0.1) is 12.4 Å². The summed E-state index contributed by atoms with van der Waals surface area (Å²) in [4.78, 5) is 8.93. The van der Waals surface area contributed by atoms with Crippen molar-refractivity contribution in [3.05, 3.63) is 47.9 Å². The summed E-state index contributed by atoms with van der Waals surface area (Å²) < 4.78 is 25.0. The first-order valence-corrected chi connectivity index (χ1v) is 8.84. The second-order valence-corrected chi connectivity index (χ2v) is 6.57. The number of fused-ring (bicyclic) bond motifs is 1. The van der Waals surface area contributed by atoms with Crippen molar-refractivity contribution < 1.29 is 19.0 Å². The number of halogens is 2. The van der Waals surface area contributed by atoms with E-state index in [4.69, 9.17) is 9.47 Å². The van der Waals surface area contributed by atoms with E-state index < -0.39 is 0 Å². The first-order valence-electron chi connectivity index (χ1n) is 8.84. The van der Waals surface area contributed by atoms with Gasteiger partial charge in [-0.3, -0.25) is 4.90 Å². The Bertz CT molecular complexity index is 772. The van der Waals surface area contributed by atoms with Gasteiger partial charge in [0.1, 0.15) is 24.3 Å². The number of hydrogen-bond donors (Lipinski definition) is 1. The zero-order valence-electron chi connectivity index (χ0n) is 14.9. The average molecular weight is 396 g/mol. The van der Waals surface area contributed by atoms with Crippen molar-refractivity contribution in [2.75, 3.05) is 44.2 Å². The van der Waals surface area contributed by atoms with Gasteiger partial charge in [-0.25, -0.2) is 9.37 Å². The highest BCUT2D eigenvalue weighted by molar-refractivity contribution is 5.85. The van der Waals surface area contributed by atoms with E-state index in [2.05, 4.69) is 14.8 Å². The van der Waals surface area contributed by atoms with E-state index in [0.29, 0.717) is 18.1 Å². The highest BCUT2D eigenvalue weighted by Gasteiger charge is 2.26. The van der Waals surface area contributed by atoms with Gasteiger partial charge in [0.2, 0.25) is 0 Å². The number of pyridine rings is 1. The van der Waals surface area contributed by atoms with Crippen LogP contribution < -0.4 is 14.4 Å². The van der Waals surface area contributed by atoms with Crippen LogP contribution in [0, 0.1) is 5.82 Å². The van der Waals surface area contributed by atoms with Crippen molar-refractivity contribution in [1.29, 1.82) is 0 Å². The van der Waals surface area contributed by atoms with E-state index >= 15 is 0 Å². The normalized spacial score (nSPS) is 19.5. The van der Waals surface area contributed by atoms with Crippen molar-refractivity contribution in [1.82, 2.24) is 9.88 Å². The van der Waals surface area contributed by atoms with E-state index in [1.54, 1.807) is 12.3 Å². The average Bonchev–Trinajstić information content (AvgIpc) is 2.68. The number of aliphatic hydroxyl groups excluding tert-OH is 1. The number of piperazine rings is 1. The number of hydrogen-bond acceptors (Lipinski definition) is 6. The molecule has 1 saturated heterocycles. The third-order valence-electron chi connectivity index (χ3n) is 4.80. The Kier molecular flexibility index (Phi) is 6.36. The van der Waals surface area contributed by atoms with Crippen LogP contribution in [0.1, 0.15) is 5.56 Å². The van der Waals surface area contributed by atoms with Crippen molar-refractivity contribution in [3.63, 3.8) is 0 Å². The number of anilines is 1. The molecule has 0 aliphatic carbocycles. The van der Waals surface area contributed by atoms with Crippen molar-refractivity contribution in [2.24, 2.45) is 0 Å². The summed E-state index contributed by atoms with van der Waals surface area (Å²) >= 11 is 0. The number of aromatic nitrogens is 1. The standard InChI is InChI=1S/C19H22FN3O3.ClH/c20-15-3-4-17-18(10-15)26-16(13-25-17)11-22-6-8-23(9-7-22)19-14(12-24)2-1-5-21-19;/h1-5,10,16,24H,6-9,11-13H2;1H/t16-;/m0./s1. The van der Waals surface area contributed by atoms with Gasteiger partial charge in [-0.1, -0.05) is 6.07 Å². The minimum absolute atomic E-state index is 0. The van der Waals surface area contributed by atoms with E-state index in [0.717, 1.165) is 44.1 Å². The second-order valence-electron chi connectivity index (χ2n) is 6.57. The van der Waals surface area contributed by atoms with Gasteiger partial charge in [0.25, 0.3) is 0 Å². The molecule has 2 aliphatic rings. The van der Waals surface area contributed by atoms with Gasteiger partial charge in [0.15, 0.2) is 11.5 Å². The lowest BCUT2D eigenvalue weighted by Gasteiger charge is -2.38. The van der Waals surface area contributed by atoms with E-state index in [9.17, 15) is 9.50 Å². The lowest BCUT2D eigenvalue weighted by molar-refractivity contribution is 0.0566. The molecule has 1 N–H and O–H groups in total. The summed E-state index contributed by atoms with van der Waals surface area (Å²) in [6.07, 6.45) is 1.64. The number of aliphatic hydroxyl groups is 1. The van der Waals surface area contributed by atoms with Crippen molar-refractivity contribution >= 4 is 18.2 Å². The summed E-state index contributed by atoms with van der Waals surface area (Å²) in [6, 6.07) is 8.09. The van der Waals surface area contributed by atoms with Crippen LogP contribution in [0.25, 0.3) is 0 Å². The molecule has 146 valence electrons. The molecule has 8 heteroatoms. The molecule has 2 aromatic rings. The Balaban J connectivity index is 0.00000210. The highest BCUT2D eigenvalue weighted by Crippen LogP contribution is 2.32. The molecular weight excluding hydrogens is 373 g/mol. The van der Waals surface area contributed by atoms with Gasteiger partial charge >= 0.3 is 0 Å². The molecule has 2 aliphatic heterocycles. The molecule has 0 unspecified atom stereocenters. The predicted molar refractivity (Wildman–Crippen MR) is 102 cm³/mol. The van der Waals surface area contributed by atoms with Gasteiger partial charge in [0, 0.05) is 50.6 Å². The fourth-order valence-corrected chi connectivity index (χ4v) is 3.45. The number of benzene rings is 1. The van der Waals surface area contributed by atoms with Crippen LogP contribution in [0.2, 0.25) is 0 Å².